The Morgan fingerprint density at radius 1 is 0.885 bits per heavy atom. The number of aliphatic hydroxyl groups is 1. The smallest absolute Gasteiger partial charge is 0.123 e. The van der Waals surface area contributed by atoms with E-state index in [1.807, 2.05) is 6.07 Å². The number of anilines is 1. The lowest BCUT2D eigenvalue weighted by atomic mass is 9.98. The van der Waals surface area contributed by atoms with Crippen LogP contribution in [0.2, 0.25) is 0 Å². The Hall–Kier alpha value is -1.91. The Morgan fingerprint density at radius 2 is 1.65 bits per heavy atom. The average Bonchev–Trinajstić information content (AvgIpc) is 2.68. The molecule has 2 aliphatic rings. The Kier molecular flexibility index (Phi) is 5.23. The normalized spacial score (nSPS) is 22.5. The highest BCUT2D eigenvalue weighted by molar-refractivity contribution is 5.66. The molecule has 2 aromatic rings. The predicted molar refractivity (Wildman–Crippen MR) is 104 cm³/mol. The second-order valence-corrected chi connectivity index (χ2v) is 7.57. The van der Waals surface area contributed by atoms with Crippen molar-refractivity contribution in [1.29, 1.82) is 0 Å². The molecule has 0 amide bonds. The minimum absolute atomic E-state index is 0.142. The molecule has 0 aromatic heterocycles. The largest absolute Gasteiger partial charge is 0.392 e. The van der Waals surface area contributed by atoms with Gasteiger partial charge in [0, 0.05) is 31.4 Å². The molecule has 0 saturated carbocycles. The summed E-state index contributed by atoms with van der Waals surface area (Å²) in [6, 6.07) is 15.8. The van der Waals surface area contributed by atoms with Crippen molar-refractivity contribution >= 4 is 5.69 Å². The first-order valence-electron chi connectivity index (χ1n) is 9.72. The minimum atomic E-state index is -0.198. The van der Waals surface area contributed by atoms with E-state index >= 15 is 0 Å². The molecule has 1 atom stereocenters. The van der Waals surface area contributed by atoms with Gasteiger partial charge in [0.05, 0.1) is 6.10 Å². The minimum Gasteiger partial charge on any atom is -0.392 e. The third-order valence-corrected chi connectivity index (χ3v) is 5.80. The number of hydrogen-bond acceptors (Lipinski definition) is 3. The topological polar surface area (TPSA) is 26.7 Å². The van der Waals surface area contributed by atoms with Crippen LogP contribution < -0.4 is 4.90 Å². The number of likely N-dealkylation sites (tertiary alicyclic amines) is 1. The van der Waals surface area contributed by atoms with Gasteiger partial charge in [-0.25, -0.2) is 4.39 Å². The van der Waals surface area contributed by atoms with Crippen LogP contribution in [0.1, 0.15) is 25.7 Å². The number of nitrogens with zero attached hydrogens (tertiary/aromatic N) is 2. The van der Waals surface area contributed by atoms with Crippen molar-refractivity contribution in [3.8, 4) is 11.1 Å². The first-order chi connectivity index (χ1) is 12.7. The van der Waals surface area contributed by atoms with Crippen molar-refractivity contribution in [3.63, 3.8) is 0 Å². The van der Waals surface area contributed by atoms with Gasteiger partial charge in [0.1, 0.15) is 5.82 Å². The Morgan fingerprint density at radius 3 is 2.35 bits per heavy atom. The molecule has 0 aliphatic carbocycles. The summed E-state index contributed by atoms with van der Waals surface area (Å²) < 4.78 is 13.4. The van der Waals surface area contributed by atoms with Gasteiger partial charge < -0.3 is 10.0 Å². The molecule has 2 saturated heterocycles. The average molecular weight is 354 g/mol. The number of rotatable bonds is 3. The van der Waals surface area contributed by atoms with Crippen molar-refractivity contribution in [2.45, 2.75) is 37.8 Å². The maximum absolute atomic E-state index is 13.4. The highest BCUT2D eigenvalue weighted by atomic mass is 19.1. The molecule has 0 radical (unpaired) electrons. The number of aliphatic hydroxyl groups excluding tert-OH is 1. The van der Waals surface area contributed by atoms with E-state index < -0.39 is 0 Å². The fourth-order valence-corrected chi connectivity index (χ4v) is 4.34. The van der Waals surface area contributed by atoms with E-state index in [9.17, 15) is 9.50 Å². The molecule has 2 aromatic carbocycles. The molecule has 0 unspecified atom stereocenters. The van der Waals surface area contributed by atoms with Crippen LogP contribution in [-0.4, -0.2) is 48.3 Å². The number of hydrogen-bond donors (Lipinski definition) is 1. The molecule has 2 fully saturated rings. The van der Waals surface area contributed by atoms with Gasteiger partial charge >= 0.3 is 0 Å². The molecular weight excluding hydrogens is 327 g/mol. The quantitative estimate of drug-likeness (QED) is 0.905. The molecule has 2 aliphatic heterocycles. The Bertz CT molecular complexity index is 725. The van der Waals surface area contributed by atoms with Gasteiger partial charge in [0.15, 0.2) is 0 Å². The molecule has 3 nitrogen and oxygen atoms in total. The molecule has 26 heavy (non-hydrogen) atoms. The number of piperidine rings is 2. The van der Waals surface area contributed by atoms with Crippen LogP contribution in [0.5, 0.6) is 0 Å². The van der Waals surface area contributed by atoms with Gasteiger partial charge in [0.2, 0.25) is 0 Å². The molecule has 0 bridgehead atoms. The molecule has 2 heterocycles. The first-order valence-corrected chi connectivity index (χ1v) is 9.72. The van der Waals surface area contributed by atoms with Gasteiger partial charge in [-0.2, -0.15) is 0 Å². The zero-order valence-electron chi connectivity index (χ0n) is 15.1. The maximum Gasteiger partial charge on any atom is 0.123 e. The first kappa shape index (κ1) is 17.5. The monoisotopic (exact) mass is 354 g/mol. The fraction of sp³-hybridized carbons (Fsp3) is 0.455. The van der Waals surface area contributed by atoms with Crippen molar-refractivity contribution in [2.24, 2.45) is 0 Å². The summed E-state index contributed by atoms with van der Waals surface area (Å²) in [7, 11) is 0. The molecule has 4 rings (SSSR count). The predicted octanol–water partition coefficient (Wildman–Crippen LogP) is 3.92. The van der Waals surface area contributed by atoms with E-state index in [0.717, 1.165) is 63.0 Å². The molecular formula is C22H27FN2O. The summed E-state index contributed by atoms with van der Waals surface area (Å²) in [4.78, 5) is 4.92. The highest BCUT2D eigenvalue weighted by Gasteiger charge is 2.28. The highest BCUT2D eigenvalue weighted by Crippen LogP contribution is 2.27. The van der Waals surface area contributed by atoms with Crippen LogP contribution in [0.3, 0.4) is 0 Å². The third-order valence-electron chi connectivity index (χ3n) is 5.80. The third kappa shape index (κ3) is 3.92. The lowest BCUT2D eigenvalue weighted by Crippen LogP contribution is -2.49. The van der Waals surface area contributed by atoms with Crippen molar-refractivity contribution in [1.82, 2.24) is 4.90 Å². The van der Waals surface area contributed by atoms with E-state index in [-0.39, 0.29) is 11.9 Å². The molecule has 1 N–H and O–H groups in total. The Labute approximate surface area is 155 Å². The summed E-state index contributed by atoms with van der Waals surface area (Å²) in [5, 5.41) is 9.90. The summed E-state index contributed by atoms with van der Waals surface area (Å²) >= 11 is 0. The van der Waals surface area contributed by atoms with Crippen molar-refractivity contribution in [2.75, 3.05) is 31.1 Å². The maximum atomic E-state index is 13.4. The van der Waals surface area contributed by atoms with Crippen molar-refractivity contribution in [3.05, 3.63) is 54.3 Å². The van der Waals surface area contributed by atoms with Crippen LogP contribution in [0.15, 0.2) is 48.5 Å². The van der Waals surface area contributed by atoms with E-state index in [2.05, 4.69) is 34.1 Å². The summed E-state index contributed by atoms with van der Waals surface area (Å²) in [5.41, 5.74) is 3.20. The second-order valence-electron chi connectivity index (χ2n) is 7.57. The summed E-state index contributed by atoms with van der Waals surface area (Å²) in [6.07, 6.45) is 4.23. The van der Waals surface area contributed by atoms with Crippen molar-refractivity contribution < 1.29 is 9.50 Å². The van der Waals surface area contributed by atoms with Crippen LogP contribution in [-0.2, 0) is 0 Å². The Balaban J connectivity index is 1.37. The zero-order valence-corrected chi connectivity index (χ0v) is 15.1. The molecule has 0 spiro atoms. The lowest BCUT2D eigenvalue weighted by Gasteiger charge is -2.42. The van der Waals surface area contributed by atoms with Crippen LogP contribution >= 0.6 is 0 Å². The van der Waals surface area contributed by atoms with E-state index in [1.54, 1.807) is 12.1 Å². The molecule has 4 heteroatoms. The van der Waals surface area contributed by atoms with Gasteiger partial charge in [-0.3, -0.25) is 4.90 Å². The fourth-order valence-electron chi connectivity index (χ4n) is 4.34. The SMILES string of the molecule is O[C@H]1CCCN(C2CCN(c3ccc(-c4cccc(F)c4)cc3)CC2)C1. The number of halogens is 1. The zero-order chi connectivity index (χ0) is 17.9. The second kappa shape index (κ2) is 7.77. The number of β-amino-alcohol motifs (C(OH)–C–C–N with tert-alkyl or cyclic N) is 1. The lowest BCUT2D eigenvalue weighted by molar-refractivity contribution is 0.0398. The van der Waals surface area contributed by atoms with E-state index in [1.165, 1.54) is 11.8 Å². The van der Waals surface area contributed by atoms with Gasteiger partial charge in [0.25, 0.3) is 0 Å². The van der Waals surface area contributed by atoms with Gasteiger partial charge in [-0.05, 0) is 67.6 Å². The van der Waals surface area contributed by atoms with E-state index in [0.29, 0.717) is 6.04 Å². The van der Waals surface area contributed by atoms with Gasteiger partial charge in [-0.15, -0.1) is 0 Å². The molecule has 138 valence electrons. The standard InChI is InChI=1S/C22H27FN2O/c23-19-4-1-3-18(15-19)17-6-8-20(9-7-17)24-13-10-21(11-14-24)25-12-2-5-22(26)16-25/h1,3-4,6-9,15,21-22,26H,2,5,10-14,16H2/t22-/m0/s1. The van der Waals surface area contributed by atoms with Crippen LogP contribution in [0, 0.1) is 5.82 Å². The van der Waals surface area contributed by atoms with Crippen LogP contribution in [0.25, 0.3) is 11.1 Å². The van der Waals surface area contributed by atoms with Crippen LogP contribution in [0.4, 0.5) is 10.1 Å². The number of benzene rings is 2. The summed E-state index contributed by atoms with van der Waals surface area (Å²) in [5.74, 6) is -0.198. The van der Waals surface area contributed by atoms with Gasteiger partial charge in [-0.1, -0.05) is 24.3 Å². The summed E-state index contributed by atoms with van der Waals surface area (Å²) in [6.45, 7) is 4.07. The van der Waals surface area contributed by atoms with E-state index in [4.69, 9.17) is 0 Å².